The van der Waals surface area contributed by atoms with Gasteiger partial charge in [0.15, 0.2) is 6.17 Å². The molecule has 3 heterocycles. The number of nitrogens with one attached hydrogen (secondary N) is 1. The van der Waals surface area contributed by atoms with E-state index in [-0.39, 0.29) is 22.5 Å². The van der Waals surface area contributed by atoms with Crippen molar-refractivity contribution < 1.29 is 35.2 Å². The highest BCUT2D eigenvalue weighted by Gasteiger charge is 2.44. The molecule has 2 aromatic heterocycles. The van der Waals surface area contributed by atoms with E-state index in [1.54, 1.807) is 12.1 Å². The molecule has 0 saturated carbocycles. The number of aromatic nitrogens is 3. The predicted molar refractivity (Wildman–Crippen MR) is 131 cm³/mol. The summed E-state index contributed by atoms with van der Waals surface area (Å²) < 4.78 is 91.9. The Morgan fingerprint density at radius 3 is 2.32 bits per heavy atom. The van der Waals surface area contributed by atoms with Crippen molar-refractivity contribution in [1.82, 2.24) is 20.3 Å². The van der Waals surface area contributed by atoms with Gasteiger partial charge in [-0.25, -0.2) is 18.7 Å². The third-order valence-electron chi connectivity index (χ3n) is 5.73. The first-order valence-electron chi connectivity index (χ1n) is 10.8. The van der Waals surface area contributed by atoms with Gasteiger partial charge in [-0.05, 0) is 37.3 Å². The van der Waals surface area contributed by atoms with Crippen LogP contribution in [0.4, 0.5) is 27.6 Å². The van der Waals surface area contributed by atoms with E-state index in [1.807, 2.05) is 0 Å². The minimum Gasteiger partial charge on any atom is -0.306 e. The molecular formula is C23H17BrF5N5O3S. The van der Waals surface area contributed by atoms with E-state index in [0.717, 1.165) is 23.5 Å². The standard InChI is InChI=1S/C23H17BrF5N5O3S/c1-11-18(26)20(38(36)37)19(33-11)21(35)34(15-4-2-14(24)3-5-15)10-12-6-17(30-9-16(12)25)13-7-31-22(32-8-13)23(27,28)29/h2-9,11,18-19,33H,10H2,1H3/t11-,18+,19+/m0/s1. The number of pyridine rings is 1. The number of hydrogen-bond donors (Lipinski definition) is 1. The van der Waals surface area contributed by atoms with Crippen LogP contribution in [-0.2, 0) is 27.8 Å². The molecule has 200 valence electrons. The Labute approximate surface area is 222 Å². The molecule has 15 heteroatoms. The maximum absolute atomic E-state index is 14.8. The van der Waals surface area contributed by atoms with E-state index in [1.165, 1.54) is 25.1 Å². The maximum atomic E-state index is 14.8. The van der Waals surface area contributed by atoms with E-state index >= 15 is 0 Å². The molecule has 1 fully saturated rings. The quantitative estimate of drug-likeness (QED) is 0.343. The first-order valence-corrected chi connectivity index (χ1v) is 12.7. The van der Waals surface area contributed by atoms with Gasteiger partial charge in [0, 0.05) is 39.7 Å². The van der Waals surface area contributed by atoms with Gasteiger partial charge in [-0.2, -0.15) is 21.6 Å². The van der Waals surface area contributed by atoms with Crippen LogP contribution in [0, 0.1) is 5.82 Å². The molecule has 8 nitrogen and oxygen atoms in total. The highest BCUT2D eigenvalue weighted by atomic mass is 79.9. The van der Waals surface area contributed by atoms with Crippen molar-refractivity contribution >= 4 is 42.7 Å². The van der Waals surface area contributed by atoms with Gasteiger partial charge in [0.05, 0.1) is 18.4 Å². The lowest BCUT2D eigenvalue weighted by Gasteiger charge is -2.26. The number of anilines is 1. The molecule has 0 spiro atoms. The molecule has 0 radical (unpaired) electrons. The SMILES string of the molecule is C[C@@H]1N[C@@H](C(=O)N(Cc2cc(-c3cnc(C(F)(F)F)nc3)ncc2F)c2ccc(Br)cc2)C(=S(=O)=O)[C@@H]1F. The van der Waals surface area contributed by atoms with Crippen LogP contribution < -0.4 is 10.2 Å². The van der Waals surface area contributed by atoms with Gasteiger partial charge in [-0.15, -0.1) is 0 Å². The summed E-state index contributed by atoms with van der Waals surface area (Å²) in [6.07, 6.45) is -4.09. The van der Waals surface area contributed by atoms with E-state index < -0.39 is 63.7 Å². The number of nitrogens with zero attached hydrogens (tertiary/aromatic N) is 4. The van der Waals surface area contributed by atoms with Crippen LogP contribution in [0.1, 0.15) is 18.3 Å². The lowest BCUT2D eigenvalue weighted by Crippen LogP contribution is -2.48. The smallest absolute Gasteiger partial charge is 0.306 e. The average Bonchev–Trinajstić information content (AvgIpc) is 3.17. The van der Waals surface area contributed by atoms with Crippen LogP contribution >= 0.6 is 15.9 Å². The number of amides is 1. The molecule has 1 N–H and O–H groups in total. The van der Waals surface area contributed by atoms with Crippen molar-refractivity contribution in [3.05, 3.63) is 70.6 Å². The average molecular weight is 618 g/mol. The van der Waals surface area contributed by atoms with Crippen LogP contribution in [0.2, 0.25) is 0 Å². The summed E-state index contributed by atoms with van der Waals surface area (Å²) in [6, 6.07) is 4.95. The Balaban J connectivity index is 1.73. The highest BCUT2D eigenvalue weighted by molar-refractivity contribution is 9.10. The van der Waals surface area contributed by atoms with Gasteiger partial charge in [0.2, 0.25) is 22.0 Å². The molecule has 0 bridgehead atoms. The second kappa shape index (κ2) is 10.8. The summed E-state index contributed by atoms with van der Waals surface area (Å²) in [5.41, 5.74) is 0.243. The van der Waals surface area contributed by atoms with Gasteiger partial charge < -0.3 is 4.90 Å². The van der Waals surface area contributed by atoms with E-state index in [4.69, 9.17) is 0 Å². The van der Waals surface area contributed by atoms with Crippen molar-refractivity contribution in [2.75, 3.05) is 4.90 Å². The summed E-state index contributed by atoms with van der Waals surface area (Å²) in [6.45, 7) is 0.946. The highest BCUT2D eigenvalue weighted by Crippen LogP contribution is 2.28. The zero-order valence-electron chi connectivity index (χ0n) is 19.2. The second-order valence-electron chi connectivity index (χ2n) is 8.28. The molecule has 4 rings (SSSR count). The summed E-state index contributed by atoms with van der Waals surface area (Å²) >= 11 is 3.27. The second-order valence-corrected chi connectivity index (χ2v) is 10.1. The van der Waals surface area contributed by atoms with Crippen molar-refractivity contribution in [2.24, 2.45) is 0 Å². The summed E-state index contributed by atoms with van der Waals surface area (Å²) in [5.74, 6) is -3.05. The molecule has 1 amide bonds. The molecule has 1 aromatic carbocycles. The number of carbonyl (C=O) groups is 1. The van der Waals surface area contributed by atoms with E-state index in [0.29, 0.717) is 4.47 Å². The molecule has 38 heavy (non-hydrogen) atoms. The van der Waals surface area contributed by atoms with Crippen molar-refractivity contribution in [1.29, 1.82) is 0 Å². The topological polar surface area (TPSA) is 105 Å². The molecule has 3 aromatic rings. The summed E-state index contributed by atoms with van der Waals surface area (Å²) in [5, 5.41) is 2.63. The maximum Gasteiger partial charge on any atom is 0.451 e. The first-order chi connectivity index (χ1) is 17.9. The van der Waals surface area contributed by atoms with Crippen molar-refractivity contribution in [3.63, 3.8) is 0 Å². The number of alkyl halides is 4. The van der Waals surface area contributed by atoms with Crippen molar-refractivity contribution in [2.45, 2.75) is 37.9 Å². The molecular weight excluding hydrogens is 601 g/mol. The summed E-state index contributed by atoms with van der Waals surface area (Å²) in [7, 11) is -3.01. The van der Waals surface area contributed by atoms with Gasteiger partial charge in [-0.3, -0.25) is 15.1 Å². The number of hydrogen-bond acceptors (Lipinski definition) is 7. The fourth-order valence-corrected chi connectivity index (χ4v) is 4.84. The third kappa shape index (κ3) is 5.73. The fraction of sp³-hybridized carbons (Fsp3) is 0.261. The lowest BCUT2D eigenvalue weighted by atomic mass is 10.1. The van der Waals surface area contributed by atoms with Crippen molar-refractivity contribution in [3.8, 4) is 11.3 Å². The predicted octanol–water partition coefficient (Wildman–Crippen LogP) is 3.74. The van der Waals surface area contributed by atoms with Gasteiger partial charge >= 0.3 is 6.18 Å². The van der Waals surface area contributed by atoms with E-state index in [9.17, 15) is 35.2 Å². The zero-order valence-corrected chi connectivity index (χ0v) is 21.7. The Morgan fingerprint density at radius 2 is 1.74 bits per heavy atom. The Hall–Kier alpha value is -3.30. The third-order valence-corrected chi connectivity index (χ3v) is 7.11. The Bertz CT molecular complexity index is 1490. The van der Waals surface area contributed by atoms with Crippen LogP contribution in [0.15, 0.2) is 53.4 Å². The Morgan fingerprint density at radius 1 is 1.11 bits per heavy atom. The lowest BCUT2D eigenvalue weighted by molar-refractivity contribution is -0.145. The first kappa shape index (κ1) is 27.7. The van der Waals surface area contributed by atoms with Gasteiger partial charge in [0.25, 0.3) is 0 Å². The molecule has 1 aliphatic rings. The van der Waals surface area contributed by atoms with Crippen LogP contribution in [0.25, 0.3) is 11.3 Å². The van der Waals surface area contributed by atoms with Crippen LogP contribution in [-0.4, -0.2) is 52.4 Å². The Kier molecular flexibility index (Phi) is 7.90. The number of rotatable bonds is 5. The number of benzene rings is 1. The molecule has 0 unspecified atom stereocenters. The monoisotopic (exact) mass is 617 g/mol. The normalized spacial score (nSPS) is 19.4. The minimum absolute atomic E-state index is 0.0303. The number of carbonyl (C=O) groups excluding carboxylic acids is 1. The molecule has 3 atom stereocenters. The van der Waals surface area contributed by atoms with Crippen LogP contribution in [0.5, 0.6) is 0 Å². The van der Waals surface area contributed by atoms with E-state index in [2.05, 4.69) is 36.2 Å². The largest absolute Gasteiger partial charge is 0.451 e. The fourth-order valence-electron chi connectivity index (χ4n) is 3.83. The molecule has 1 saturated heterocycles. The molecule has 1 aliphatic heterocycles. The minimum atomic E-state index is -4.75. The van der Waals surface area contributed by atoms with Gasteiger partial charge in [0.1, 0.15) is 16.7 Å². The van der Waals surface area contributed by atoms with Crippen LogP contribution in [0.3, 0.4) is 0 Å². The summed E-state index contributed by atoms with van der Waals surface area (Å²) in [4.78, 5) is 24.4. The number of halogens is 6. The van der Waals surface area contributed by atoms with Gasteiger partial charge in [-0.1, -0.05) is 15.9 Å². The molecule has 0 aliphatic carbocycles. The zero-order chi connectivity index (χ0) is 27.8.